The quantitative estimate of drug-likeness (QED) is 0.750. The second kappa shape index (κ2) is 6.30. The molecule has 0 aromatic heterocycles. The van der Waals surface area contributed by atoms with E-state index in [-0.39, 0.29) is 17.5 Å². The summed E-state index contributed by atoms with van der Waals surface area (Å²) in [7, 11) is 0. The zero-order valence-corrected chi connectivity index (χ0v) is 13.9. The summed E-state index contributed by atoms with van der Waals surface area (Å²) >= 11 is 6.25. The van der Waals surface area contributed by atoms with Crippen molar-refractivity contribution in [3.05, 3.63) is 51.5 Å². The first-order chi connectivity index (χ1) is 11.0. The van der Waals surface area contributed by atoms with Crippen molar-refractivity contribution in [2.24, 2.45) is 0 Å². The van der Waals surface area contributed by atoms with Gasteiger partial charge in [-0.3, -0.25) is 0 Å². The Morgan fingerprint density at radius 3 is 2.65 bits per heavy atom. The third-order valence-corrected chi connectivity index (χ3v) is 4.38. The summed E-state index contributed by atoms with van der Waals surface area (Å²) in [5.74, 6) is 0.612. The van der Waals surface area contributed by atoms with E-state index in [1.807, 2.05) is 26.0 Å². The summed E-state index contributed by atoms with van der Waals surface area (Å²) in [6, 6.07) is 6.90. The number of fused-ring (bicyclic) bond motifs is 1. The van der Waals surface area contributed by atoms with Gasteiger partial charge in [0.15, 0.2) is 11.5 Å². The Morgan fingerprint density at radius 2 is 1.91 bits per heavy atom. The molecule has 0 saturated carbocycles. The fourth-order valence-corrected chi connectivity index (χ4v) is 3.45. The largest absolute Gasteiger partial charge is 0.504 e. The maximum absolute atomic E-state index is 9.89. The zero-order chi connectivity index (χ0) is 16.6. The number of phenolic OH excluding ortho intramolecular Hbond substituents is 2. The van der Waals surface area contributed by atoms with E-state index in [2.05, 4.69) is 5.32 Å². The molecule has 0 radical (unpaired) electrons. The Hall–Kier alpha value is -1.91. The van der Waals surface area contributed by atoms with Gasteiger partial charge in [-0.15, -0.1) is 0 Å². The van der Waals surface area contributed by atoms with Gasteiger partial charge < -0.3 is 20.3 Å². The lowest BCUT2D eigenvalue weighted by atomic mass is 9.88. The van der Waals surface area contributed by atoms with E-state index >= 15 is 0 Å². The smallest absolute Gasteiger partial charge is 0.157 e. The van der Waals surface area contributed by atoms with Gasteiger partial charge in [-0.05, 0) is 61.2 Å². The molecule has 23 heavy (non-hydrogen) atoms. The molecule has 0 amide bonds. The first-order valence-electron chi connectivity index (χ1n) is 7.72. The molecular formula is C18H20ClNO3. The summed E-state index contributed by atoms with van der Waals surface area (Å²) in [6.07, 6.45) is 0.795. The van der Waals surface area contributed by atoms with Gasteiger partial charge in [-0.25, -0.2) is 0 Å². The van der Waals surface area contributed by atoms with Crippen LogP contribution >= 0.6 is 11.6 Å². The minimum absolute atomic E-state index is 0.0864. The van der Waals surface area contributed by atoms with Crippen molar-refractivity contribution in [2.45, 2.75) is 26.3 Å². The van der Waals surface area contributed by atoms with Crippen molar-refractivity contribution < 1.29 is 14.9 Å². The summed E-state index contributed by atoms with van der Waals surface area (Å²) in [5, 5.41) is 23.7. The average molecular weight is 334 g/mol. The van der Waals surface area contributed by atoms with E-state index in [1.54, 1.807) is 12.1 Å². The number of hydrogen-bond donors (Lipinski definition) is 3. The van der Waals surface area contributed by atoms with Crippen molar-refractivity contribution in [3.8, 4) is 17.2 Å². The van der Waals surface area contributed by atoms with Gasteiger partial charge in [0.05, 0.1) is 12.6 Å². The predicted octanol–water partition coefficient (Wildman–Crippen LogP) is 3.69. The molecule has 4 nitrogen and oxygen atoms in total. The first-order valence-corrected chi connectivity index (χ1v) is 8.10. The molecule has 0 aliphatic carbocycles. The highest BCUT2D eigenvalue weighted by molar-refractivity contribution is 6.30. The first kappa shape index (κ1) is 16.0. The molecule has 3 N–H and O–H groups in total. The van der Waals surface area contributed by atoms with E-state index < -0.39 is 0 Å². The normalized spacial score (nSPS) is 16.9. The number of halogens is 1. The maximum atomic E-state index is 9.89. The highest BCUT2D eigenvalue weighted by Crippen LogP contribution is 2.41. The number of ether oxygens (including phenoxy) is 1. The molecule has 0 fully saturated rings. The second-order valence-corrected chi connectivity index (χ2v) is 6.19. The molecule has 1 aliphatic rings. The molecule has 2 aromatic carbocycles. The third kappa shape index (κ3) is 2.96. The minimum Gasteiger partial charge on any atom is -0.504 e. The highest BCUT2D eigenvalue weighted by Gasteiger charge is 2.26. The van der Waals surface area contributed by atoms with Crippen LogP contribution in [0.15, 0.2) is 24.3 Å². The van der Waals surface area contributed by atoms with Crippen LogP contribution in [-0.2, 0) is 6.42 Å². The lowest BCUT2D eigenvalue weighted by Crippen LogP contribution is -2.31. The van der Waals surface area contributed by atoms with Crippen LogP contribution in [0.2, 0.25) is 5.02 Å². The van der Waals surface area contributed by atoms with E-state index in [4.69, 9.17) is 16.3 Å². The predicted molar refractivity (Wildman–Crippen MR) is 90.7 cm³/mol. The van der Waals surface area contributed by atoms with Crippen LogP contribution in [0.5, 0.6) is 17.2 Å². The Bertz CT molecular complexity index is 746. The summed E-state index contributed by atoms with van der Waals surface area (Å²) in [5.41, 5.74) is 3.88. The molecule has 0 spiro atoms. The zero-order valence-electron chi connectivity index (χ0n) is 13.2. The van der Waals surface area contributed by atoms with Gasteiger partial charge in [-0.1, -0.05) is 11.6 Å². The molecule has 1 atom stereocenters. The van der Waals surface area contributed by atoms with Gasteiger partial charge in [-0.2, -0.15) is 0 Å². The molecule has 1 aliphatic heterocycles. The van der Waals surface area contributed by atoms with Crippen molar-refractivity contribution in [2.75, 3.05) is 13.2 Å². The molecule has 1 unspecified atom stereocenters. The molecule has 0 bridgehead atoms. The summed E-state index contributed by atoms with van der Waals surface area (Å²) in [4.78, 5) is 0. The van der Waals surface area contributed by atoms with E-state index in [1.165, 1.54) is 0 Å². The minimum atomic E-state index is -0.135. The third-order valence-electron chi connectivity index (χ3n) is 4.16. The van der Waals surface area contributed by atoms with Crippen LogP contribution in [0.25, 0.3) is 0 Å². The van der Waals surface area contributed by atoms with Crippen LogP contribution in [0.1, 0.15) is 35.2 Å². The lowest BCUT2D eigenvalue weighted by Gasteiger charge is -2.29. The Morgan fingerprint density at radius 1 is 1.17 bits per heavy atom. The Kier molecular flexibility index (Phi) is 4.37. The number of aryl methyl sites for hydroxylation is 1. The average Bonchev–Trinajstić information content (AvgIpc) is 2.50. The standard InChI is InChI=1S/C18H20ClNO3/c1-3-23-18-10(2)6-12(19)8-14(18)17-13-9-16(22)15(21)7-11(13)4-5-20-17/h6-9,17,20-22H,3-5H2,1-2H3. The van der Waals surface area contributed by atoms with E-state index in [0.29, 0.717) is 11.6 Å². The summed E-state index contributed by atoms with van der Waals surface area (Å²) in [6.45, 7) is 5.26. The molecule has 1 heterocycles. The van der Waals surface area contributed by atoms with Crippen molar-refractivity contribution >= 4 is 11.6 Å². The van der Waals surface area contributed by atoms with Crippen LogP contribution < -0.4 is 10.1 Å². The fourth-order valence-electron chi connectivity index (χ4n) is 3.17. The van der Waals surface area contributed by atoms with Gasteiger partial charge >= 0.3 is 0 Å². The van der Waals surface area contributed by atoms with Gasteiger partial charge in [0.25, 0.3) is 0 Å². The van der Waals surface area contributed by atoms with Crippen LogP contribution in [-0.4, -0.2) is 23.4 Å². The van der Waals surface area contributed by atoms with Gasteiger partial charge in [0.1, 0.15) is 5.75 Å². The highest BCUT2D eigenvalue weighted by atomic mass is 35.5. The summed E-state index contributed by atoms with van der Waals surface area (Å²) < 4.78 is 5.83. The number of benzene rings is 2. The molecular weight excluding hydrogens is 314 g/mol. The van der Waals surface area contributed by atoms with Crippen molar-refractivity contribution in [1.29, 1.82) is 0 Å². The van der Waals surface area contributed by atoms with Crippen molar-refractivity contribution in [1.82, 2.24) is 5.32 Å². The van der Waals surface area contributed by atoms with E-state index in [0.717, 1.165) is 41.0 Å². The van der Waals surface area contributed by atoms with Crippen molar-refractivity contribution in [3.63, 3.8) is 0 Å². The lowest BCUT2D eigenvalue weighted by molar-refractivity contribution is 0.330. The molecule has 5 heteroatoms. The van der Waals surface area contributed by atoms with Crippen LogP contribution in [0, 0.1) is 6.92 Å². The van der Waals surface area contributed by atoms with Crippen LogP contribution in [0.3, 0.4) is 0 Å². The van der Waals surface area contributed by atoms with Gasteiger partial charge in [0, 0.05) is 17.1 Å². The molecule has 122 valence electrons. The topological polar surface area (TPSA) is 61.7 Å². The Labute approximate surface area is 140 Å². The van der Waals surface area contributed by atoms with Crippen LogP contribution in [0.4, 0.5) is 0 Å². The SMILES string of the molecule is CCOc1c(C)cc(Cl)cc1C1NCCc2cc(O)c(O)cc21. The van der Waals surface area contributed by atoms with E-state index in [9.17, 15) is 10.2 Å². The molecule has 2 aromatic rings. The maximum Gasteiger partial charge on any atom is 0.157 e. The number of aromatic hydroxyl groups is 2. The number of rotatable bonds is 3. The molecule has 3 rings (SSSR count). The number of phenols is 2. The fraction of sp³-hybridized carbons (Fsp3) is 0.333. The molecule has 0 saturated heterocycles. The number of hydrogen-bond acceptors (Lipinski definition) is 4. The monoisotopic (exact) mass is 333 g/mol. The van der Waals surface area contributed by atoms with Gasteiger partial charge in [0.2, 0.25) is 0 Å². The number of nitrogens with one attached hydrogen (secondary N) is 1. The Balaban J connectivity index is 2.16. The second-order valence-electron chi connectivity index (χ2n) is 5.75.